The van der Waals surface area contributed by atoms with E-state index in [0.29, 0.717) is 11.3 Å². The van der Waals surface area contributed by atoms with Crippen molar-refractivity contribution < 1.29 is 4.74 Å². The summed E-state index contributed by atoms with van der Waals surface area (Å²) in [5, 5.41) is 0. The van der Waals surface area contributed by atoms with E-state index in [1.807, 2.05) is 0 Å². The summed E-state index contributed by atoms with van der Waals surface area (Å²) >= 11 is 0. The minimum absolute atomic E-state index is 0.252. The second-order valence-electron chi connectivity index (χ2n) is 6.72. The zero-order valence-electron chi connectivity index (χ0n) is 12.2. The second kappa shape index (κ2) is 6.75. The third-order valence-electron chi connectivity index (χ3n) is 4.26. The zero-order valence-corrected chi connectivity index (χ0v) is 12.2. The monoisotopic (exact) mass is 241 g/mol. The van der Waals surface area contributed by atoms with Gasteiger partial charge in [0.1, 0.15) is 0 Å². The summed E-state index contributed by atoms with van der Waals surface area (Å²) in [6.45, 7) is 10.8. The molecule has 102 valence electrons. The van der Waals surface area contributed by atoms with Gasteiger partial charge < -0.3 is 10.5 Å². The predicted molar refractivity (Wildman–Crippen MR) is 74.0 cm³/mol. The highest BCUT2D eigenvalue weighted by molar-refractivity contribution is 4.84. The van der Waals surface area contributed by atoms with Crippen molar-refractivity contribution in [3.8, 4) is 0 Å². The Bertz CT molecular complexity index is 201. The highest BCUT2D eigenvalue weighted by Gasteiger charge is 2.31. The molecular formula is C15H31NO. The summed E-state index contributed by atoms with van der Waals surface area (Å²) in [5.74, 6) is 1.56. The Labute approximate surface area is 107 Å². The second-order valence-corrected chi connectivity index (χ2v) is 6.72. The van der Waals surface area contributed by atoms with Crippen LogP contribution in [-0.2, 0) is 4.74 Å². The SMILES string of the molecule is CCCOCC(N)C1CCC(C(C)(C)C)CC1. The third-order valence-corrected chi connectivity index (χ3v) is 4.26. The molecule has 0 aliphatic heterocycles. The molecule has 1 aliphatic carbocycles. The normalized spacial score (nSPS) is 28.1. The Hall–Kier alpha value is -0.0800. The molecule has 1 aliphatic rings. The van der Waals surface area contributed by atoms with Crippen molar-refractivity contribution >= 4 is 0 Å². The van der Waals surface area contributed by atoms with Crippen LogP contribution in [0.5, 0.6) is 0 Å². The third kappa shape index (κ3) is 4.97. The van der Waals surface area contributed by atoms with Crippen LogP contribution >= 0.6 is 0 Å². The standard InChI is InChI=1S/C15H31NO/c1-5-10-17-11-14(16)12-6-8-13(9-7-12)15(2,3)4/h12-14H,5-11,16H2,1-4H3. The van der Waals surface area contributed by atoms with E-state index in [4.69, 9.17) is 10.5 Å². The first-order chi connectivity index (χ1) is 7.95. The van der Waals surface area contributed by atoms with E-state index in [-0.39, 0.29) is 6.04 Å². The maximum Gasteiger partial charge on any atom is 0.0620 e. The van der Waals surface area contributed by atoms with Gasteiger partial charge in [0.25, 0.3) is 0 Å². The Balaban J connectivity index is 2.26. The fourth-order valence-electron chi connectivity index (χ4n) is 2.91. The Morgan fingerprint density at radius 1 is 1.18 bits per heavy atom. The minimum Gasteiger partial charge on any atom is -0.380 e. The molecule has 2 nitrogen and oxygen atoms in total. The van der Waals surface area contributed by atoms with Gasteiger partial charge in [0.05, 0.1) is 6.61 Å². The van der Waals surface area contributed by atoms with Crippen LogP contribution in [0.1, 0.15) is 59.8 Å². The molecule has 2 heteroatoms. The number of ether oxygens (including phenoxy) is 1. The Morgan fingerprint density at radius 2 is 1.76 bits per heavy atom. The summed E-state index contributed by atoms with van der Waals surface area (Å²) in [7, 11) is 0. The van der Waals surface area contributed by atoms with Crippen molar-refractivity contribution in [2.24, 2.45) is 23.0 Å². The lowest BCUT2D eigenvalue weighted by Gasteiger charge is -2.38. The topological polar surface area (TPSA) is 35.2 Å². The summed E-state index contributed by atoms with van der Waals surface area (Å²) in [5.41, 5.74) is 6.68. The van der Waals surface area contributed by atoms with Crippen molar-refractivity contribution in [1.29, 1.82) is 0 Å². The molecule has 1 rings (SSSR count). The van der Waals surface area contributed by atoms with E-state index < -0.39 is 0 Å². The smallest absolute Gasteiger partial charge is 0.0620 e. The molecule has 0 heterocycles. The van der Waals surface area contributed by atoms with E-state index in [1.165, 1.54) is 25.7 Å². The Kier molecular flexibility index (Phi) is 5.94. The van der Waals surface area contributed by atoms with Gasteiger partial charge in [0, 0.05) is 12.6 Å². The molecule has 2 N–H and O–H groups in total. The lowest BCUT2D eigenvalue weighted by molar-refractivity contribution is 0.0806. The maximum atomic E-state index is 6.22. The molecule has 0 spiro atoms. The maximum absolute atomic E-state index is 6.22. The van der Waals surface area contributed by atoms with Gasteiger partial charge in [-0.2, -0.15) is 0 Å². The fourth-order valence-corrected chi connectivity index (χ4v) is 2.91. The summed E-state index contributed by atoms with van der Waals surface area (Å²) in [6, 6.07) is 0.252. The molecule has 0 aromatic rings. The predicted octanol–water partition coefficient (Wildman–Crippen LogP) is 3.59. The minimum atomic E-state index is 0.252. The summed E-state index contributed by atoms with van der Waals surface area (Å²) < 4.78 is 5.57. The van der Waals surface area contributed by atoms with Gasteiger partial charge in [-0.3, -0.25) is 0 Å². The molecule has 1 saturated carbocycles. The lowest BCUT2D eigenvalue weighted by Crippen LogP contribution is -2.38. The van der Waals surface area contributed by atoms with Crippen LogP contribution in [0, 0.1) is 17.3 Å². The molecule has 1 fully saturated rings. The van der Waals surface area contributed by atoms with Crippen LogP contribution in [0.3, 0.4) is 0 Å². The van der Waals surface area contributed by atoms with E-state index >= 15 is 0 Å². The van der Waals surface area contributed by atoms with Gasteiger partial charge in [-0.25, -0.2) is 0 Å². The fraction of sp³-hybridized carbons (Fsp3) is 1.00. The first kappa shape index (κ1) is 15.0. The van der Waals surface area contributed by atoms with Gasteiger partial charge in [0.15, 0.2) is 0 Å². The van der Waals surface area contributed by atoms with Crippen LogP contribution in [0.15, 0.2) is 0 Å². The average molecular weight is 241 g/mol. The largest absolute Gasteiger partial charge is 0.380 e. The van der Waals surface area contributed by atoms with Gasteiger partial charge in [-0.1, -0.05) is 27.7 Å². The average Bonchev–Trinajstić information content (AvgIpc) is 2.28. The van der Waals surface area contributed by atoms with Crippen LogP contribution in [0.25, 0.3) is 0 Å². The van der Waals surface area contributed by atoms with Crippen molar-refractivity contribution in [2.45, 2.75) is 65.8 Å². The summed E-state index contributed by atoms with van der Waals surface area (Å²) in [4.78, 5) is 0. The number of hydrogen-bond donors (Lipinski definition) is 1. The molecular weight excluding hydrogens is 210 g/mol. The molecule has 1 unspecified atom stereocenters. The van der Waals surface area contributed by atoms with E-state index in [1.54, 1.807) is 0 Å². The number of nitrogens with two attached hydrogens (primary N) is 1. The van der Waals surface area contributed by atoms with Crippen LogP contribution in [-0.4, -0.2) is 19.3 Å². The molecule has 17 heavy (non-hydrogen) atoms. The lowest BCUT2D eigenvalue weighted by atomic mass is 9.69. The van der Waals surface area contributed by atoms with Gasteiger partial charge >= 0.3 is 0 Å². The highest BCUT2D eigenvalue weighted by atomic mass is 16.5. The van der Waals surface area contributed by atoms with Crippen LogP contribution in [0.4, 0.5) is 0 Å². The molecule has 1 atom stereocenters. The van der Waals surface area contributed by atoms with Crippen molar-refractivity contribution in [2.75, 3.05) is 13.2 Å². The van der Waals surface area contributed by atoms with Gasteiger partial charge in [0.2, 0.25) is 0 Å². The van der Waals surface area contributed by atoms with Crippen molar-refractivity contribution in [3.63, 3.8) is 0 Å². The quantitative estimate of drug-likeness (QED) is 0.747. The molecule has 0 aromatic heterocycles. The van der Waals surface area contributed by atoms with E-state index in [9.17, 15) is 0 Å². The number of rotatable bonds is 5. The first-order valence-electron chi connectivity index (χ1n) is 7.28. The highest BCUT2D eigenvalue weighted by Crippen LogP contribution is 2.40. The van der Waals surface area contributed by atoms with Gasteiger partial charge in [-0.15, -0.1) is 0 Å². The van der Waals surface area contributed by atoms with Crippen LogP contribution < -0.4 is 5.73 Å². The summed E-state index contributed by atoms with van der Waals surface area (Å²) in [6.07, 6.45) is 6.35. The van der Waals surface area contributed by atoms with Crippen LogP contribution in [0.2, 0.25) is 0 Å². The first-order valence-corrected chi connectivity index (χ1v) is 7.28. The molecule has 0 saturated heterocycles. The molecule has 0 aromatic carbocycles. The zero-order chi connectivity index (χ0) is 12.9. The van der Waals surface area contributed by atoms with Crippen molar-refractivity contribution in [3.05, 3.63) is 0 Å². The molecule has 0 amide bonds. The van der Waals surface area contributed by atoms with E-state index in [0.717, 1.165) is 25.6 Å². The van der Waals surface area contributed by atoms with Crippen molar-refractivity contribution in [1.82, 2.24) is 0 Å². The Morgan fingerprint density at radius 3 is 2.24 bits per heavy atom. The number of hydrogen-bond acceptors (Lipinski definition) is 2. The molecule has 0 bridgehead atoms. The molecule has 0 radical (unpaired) electrons. The van der Waals surface area contributed by atoms with E-state index in [2.05, 4.69) is 27.7 Å². The van der Waals surface area contributed by atoms with Gasteiger partial charge in [-0.05, 0) is 49.4 Å².